The van der Waals surface area contributed by atoms with Crippen molar-refractivity contribution in [3.8, 4) is 5.75 Å². The highest BCUT2D eigenvalue weighted by atomic mass is 16.3. The molecule has 1 amide bonds. The number of H-pyrrole nitrogens is 1. The predicted molar refractivity (Wildman–Crippen MR) is 80.7 cm³/mol. The molecule has 0 bridgehead atoms. The van der Waals surface area contributed by atoms with Crippen molar-refractivity contribution < 1.29 is 9.90 Å². The van der Waals surface area contributed by atoms with Gasteiger partial charge in [-0.1, -0.05) is 12.1 Å². The number of aryl methyl sites for hydroxylation is 1. The Balaban J connectivity index is 1.87. The van der Waals surface area contributed by atoms with E-state index in [0.29, 0.717) is 5.82 Å². The monoisotopic (exact) mass is 299 g/mol. The van der Waals surface area contributed by atoms with Crippen LogP contribution in [0.5, 0.6) is 5.75 Å². The van der Waals surface area contributed by atoms with Crippen LogP contribution in [0.4, 0.5) is 0 Å². The van der Waals surface area contributed by atoms with Crippen molar-refractivity contribution in [3.63, 3.8) is 0 Å². The molecule has 0 saturated heterocycles. The molecule has 3 rings (SSSR count). The van der Waals surface area contributed by atoms with Crippen LogP contribution >= 0.6 is 0 Å². The lowest BCUT2D eigenvalue weighted by molar-refractivity contribution is 0.0817. The molecule has 22 heavy (non-hydrogen) atoms. The number of amides is 1. The van der Waals surface area contributed by atoms with Gasteiger partial charge < -0.3 is 15.4 Å². The zero-order valence-electron chi connectivity index (χ0n) is 12.2. The van der Waals surface area contributed by atoms with Crippen LogP contribution in [0, 0.1) is 6.92 Å². The molecule has 0 atom stereocenters. The molecular weight excluding hydrogens is 282 g/mol. The van der Waals surface area contributed by atoms with Crippen LogP contribution in [0.2, 0.25) is 0 Å². The van der Waals surface area contributed by atoms with Gasteiger partial charge in [0.1, 0.15) is 17.3 Å². The average Bonchev–Trinajstić information content (AvgIpc) is 2.42. The fourth-order valence-corrected chi connectivity index (χ4v) is 2.77. The van der Waals surface area contributed by atoms with E-state index in [0.717, 1.165) is 24.8 Å². The summed E-state index contributed by atoms with van der Waals surface area (Å²) in [5.74, 6) is 0.239. The fourth-order valence-electron chi connectivity index (χ4n) is 2.77. The summed E-state index contributed by atoms with van der Waals surface area (Å²) in [7, 11) is 0. The van der Waals surface area contributed by atoms with Crippen LogP contribution in [0.3, 0.4) is 0 Å². The summed E-state index contributed by atoms with van der Waals surface area (Å²) in [6.07, 6.45) is 2.67. The van der Waals surface area contributed by atoms with Crippen molar-refractivity contribution in [2.75, 3.05) is 0 Å². The van der Waals surface area contributed by atoms with Crippen molar-refractivity contribution in [2.45, 2.75) is 31.7 Å². The van der Waals surface area contributed by atoms with Gasteiger partial charge >= 0.3 is 0 Å². The maximum atomic E-state index is 12.4. The van der Waals surface area contributed by atoms with Crippen molar-refractivity contribution in [2.24, 2.45) is 0 Å². The first-order chi connectivity index (χ1) is 10.5. The second kappa shape index (κ2) is 5.29. The van der Waals surface area contributed by atoms with Crippen LogP contribution in [-0.2, 0) is 5.54 Å². The first-order valence-electron chi connectivity index (χ1n) is 7.18. The Bertz CT molecular complexity index is 761. The number of hydrogen-bond donors (Lipinski definition) is 3. The zero-order chi connectivity index (χ0) is 15.7. The molecule has 0 aliphatic heterocycles. The first kappa shape index (κ1) is 14.3. The molecule has 114 valence electrons. The number of nitrogens with zero attached hydrogens (tertiary/aromatic N) is 1. The van der Waals surface area contributed by atoms with Crippen molar-refractivity contribution in [3.05, 3.63) is 57.8 Å². The van der Waals surface area contributed by atoms with E-state index in [9.17, 15) is 14.7 Å². The van der Waals surface area contributed by atoms with Crippen LogP contribution < -0.4 is 10.9 Å². The van der Waals surface area contributed by atoms with E-state index < -0.39 is 5.54 Å². The highest BCUT2D eigenvalue weighted by Gasteiger charge is 2.40. The minimum atomic E-state index is -0.441. The Morgan fingerprint density at radius 1 is 1.32 bits per heavy atom. The Morgan fingerprint density at radius 2 is 2.00 bits per heavy atom. The second-order valence-corrected chi connectivity index (χ2v) is 5.65. The van der Waals surface area contributed by atoms with Gasteiger partial charge in [-0.3, -0.25) is 9.59 Å². The van der Waals surface area contributed by atoms with E-state index in [-0.39, 0.29) is 22.9 Å². The fraction of sp³-hybridized carbons (Fsp3) is 0.312. The van der Waals surface area contributed by atoms with Crippen LogP contribution in [-0.4, -0.2) is 21.0 Å². The van der Waals surface area contributed by atoms with Gasteiger partial charge in [0.15, 0.2) is 0 Å². The molecule has 1 saturated carbocycles. The van der Waals surface area contributed by atoms with Gasteiger partial charge in [-0.2, -0.15) is 0 Å². The molecule has 1 aromatic heterocycles. The van der Waals surface area contributed by atoms with E-state index >= 15 is 0 Å². The number of hydrogen-bond acceptors (Lipinski definition) is 4. The van der Waals surface area contributed by atoms with Crippen LogP contribution in [0.1, 0.15) is 41.1 Å². The molecule has 3 N–H and O–H groups in total. The number of phenols is 1. The SMILES string of the molecule is Cc1nc(C(=O)NC2(c3ccc(O)cc3)CCC2)cc(=O)[nH]1. The first-order valence-corrected chi connectivity index (χ1v) is 7.18. The topological polar surface area (TPSA) is 95.1 Å². The van der Waals surface area contributed by atoms with Gasteiger partial charge in [-0.15, -0.1) is 0 Å². The summed E-state index contributed by atoms with van der Waals surface area (Å²) in [6.45, 7) is 1.64. The lowest BCUT2D eigenvalue weighted by atomic mass is 9.71. The summed E-state index contributed by atoms with van der Waals surface area (Å²) in [4.78, 5) is 30.5. The Labute approximate surface area is 127 Å². The molecule has 1 heterocycles. The van der Waals surface area contributed by atoms with Crippen LogP contribution in [0.15, 0.2) is 35.1 Å². The molecule has 0 unspecified atom stereocenters. The third kappa shape index (κ3) is 2.59. The highest BCUT2D eigenvalue weighted by Crippen LogP contribution is 2.41. The van der Waals surface area contributed by atoms with E-state index in [1.54, 1.807) is 19.1 Å². The normalized spacial score (nSPS) is 15.9. The number of aromatic amines is 1. The molecule has 6 heteroatoms. The Kier molecular flexibility index (Phi) is 3.44. The molecule has 1 fully saturated rings. The van der Waals surface area contributed by atoms with E-state index in [1.807, 2.05) is 12.1 Å². The number of aromatic nitrogens is 2. The molecule has 1 aliphatic carbocycles. The summed E-state index contributed by atoms with van der Waals surface area (Å²) in [5, 5.41) is 12.4. The number of aromatic hydroxyl groups is 1. The molecule has 6 nitrogen and oxygen atoms in total. The predicted octanol–water partition coefficient (Wildman–Crippen LogP) is 1.59. The van der Waals surface area contributed by atoms with E-state index in [2.05, 4.69) is 15.3 Å². The average molecular weight is 299 g/mol. The van der Waals surface area contributed by atoms with E-state index in [1.165, 1.54) is 6.07 Å². The number of benzene rings is 1. The van der Waals surface area contributed by atoms with Gasteiger partial charge in [-0.25, -0.2) is 4.98 Å². The van der Waals surface area contributed by atoms with Crippen molar-refractivity contribution >= 4 is 5.91 Å². The van der Waals surface area contributed by atoms with Gasteiger partial charge in [0.25, 0.3) is 11.5 Å². The molecule has 0 spiro atoms. The lowest BCUT2D eigenvalue weighted by Crippen LogP contribution is -2.51. The quantitative estimate of drug-likeness (QED) is 0.802. The van der Waals surface area contributed by atoms with Gasteiger partial charge in [0.2, 0.25) is 0 Å². The minimum absolute atomic E-state index is 0.117. The minimum Gasteiger partial charge on any atom is -0.508 e. The number of rotatable bonds is 3. The van der Waals surface area contributed by atoms with Crippen LogP contribution in [0.25, 0.3) is 0 Å². The Hall–Kier alpha value is -2.63. The highest BCUT2D eigenvalue weighted by molar-refractivity contribution is 5.92. The zero-order valence-corrected chi connectivity index (χ0v) is 12.2. The molecule has 1 aromatic carbocycles. The maximum Gasteiger partial charge on any atom is 0.270 e. The number of carbonyl (C=O) groups is 1. The molecular formula is C16H17N3O3. The molecule has 0 radical (unpaired) electrons. The Morgan fingerprint density at radius 3 is 2.55 bits per heavy atom. The summed E-state index contributed by atoms with van der Waals surface area (Å²) >= 11 is 0. The molecule has 2 aromatic rings. The third-order valence-corrected chi connectivity index (χ3v) is 4.07. The van der Waals surface area contributed by atoms with Crippen molar-refractivity contribution in [1.29, 1.82) is 0 Å². The largest absolute Gasteiger partial charge is 0.508 e. The number of phenolic OH excluding ortho intramolecular Hbond substituents is 1. The number of carbonyl (C=O) groups excluding carboxylic acids is 1. The lowest BCUT2D eigenvalue weighted by Gasteiger charge is -2.43. The smallest absolute Gasteiger partial charge is 0.270 e. The van der Waals surface area contributed by atoms with Crippen molar-refractivity contribution in [1.82, 2.24) is 15.3 Å². The molecule has 1 aliphatic rings. The number of nitrogens with one attached hydrogen (secondary N) is 2. The van der Waals surface area contributed by atoms with E-state index in [4.69, 9.17) is 0 Å². The summed E-state index contributed by atoms with van der Waals surface area (Å²) in [5.41, 5.74) is 0.283. The van der Waals surface area contributed by atoms with Gasteiger partial charge in [0, 0.05) is 6.07 Å². The maximum absolute atomic E-state index is 12.4. The third-order valence-electron chi connectivity index (χ3n) is 4.07. The second-order valence-electron chi connectivity index (χ2n) is 5.65. The van der Waals surface area contributed by atoms with Gasteiger partial charge in [0.05, 0.1) is 5.54 Å². The summed E-state index contributed by atoms with van der Waals surface area (Å²) in [6, 6.07) is 8.04. The van der Waals surface area contributed by atoms with Gasteiger partial charge in [-0.05, 0) is 43.9 Å². The standard InChI is InChI=1S/C16H17N3O3/c1-10-17-13(9-14(21)18-10)15(22)19-16(7-2-8-16)11-3-5-12(20)6-4-11/h3-6,9,20H,2,7-8H2,1H3,(H,19,22)(H,17,18,21). The summed E-state index contributed by atoms with van der Waals surface area (Å²) < 4.78 is 0.